The number of ether oxygens (including phenoxy) is 1. The predicted molar refractivity (Wildman–Crippen MR) is 92.4 cm³/mol. The molecule has 0 amide bonds. The zero-order chi connectivity index (χ0) is 16.5. The number of aryl methyl sites for hydroxylation is 2. The molecule has 2 aromatic rings. The van der Waals surface area contributed by atoms with Crippen LogP contribution < -0.4 is 9.46 Å². The maximum Gasteiger partial charge on any atom is 0.262 e. The summed E-state index contributed by atoms with van der Waals surface area (Å²) in [6.07, 6.45) is 0. The minimum atomic E-state index is -3.71. The molecule has 118 valence electrons. The van der Waals surface area contributed by atoms with E-state index in [0.29, 0.717) is 32.1 Å². The smallest absolute Gasteiger partial charge is 0.262 e. The van der Waals surface area contributed by atoms with Crippen LogP contribution in [0, 0.1) is 13.8 Å². The Hall–Kier alpha value is -1.24. The van der Waals surface area contributed by atoms with Crippen LogP contribution in [0.5, 0.6) is 5.75 Å². The van der Waals surface area contributed by atoms with Crippen molar-refractivity contribution in [2.24, 2.45) is 0 Å². The zero-order valence-electron chi connectivity index (χ0n) is 12.3. The van der Waals surface area contributed by atoms with Crippen molar-refractivity contribution in [3.63, 3.8) is 0 Å². The average Bonchev–Trinajstić information content (AvgIpc) is 2.41. The van der Waals surface area contributed by atoms with E-state index >= 15 is 0 Å². The number of hydrogen-bond acceptors (Lipinski definition) is 3. The summed E-state index contributed by atoms with van der Waals surface area (Å²) in [6, 6.07) is 8.26. The molecule has 7 heteroatoms. The van der Waals surface area contributed by atoms with Crippen molar-refractivity contribution < 1.29 is 13.2 Å². The summed E-state index contributed by atoms with van der Waals surface area (Å²) in [6.45, 7) is 3.47. The van der Waals surface area contributed by atoms with E-state index in [4.69, 9.17) is 16.3 Å². The van der Waals surface area contributed by atoms with E-state index in [9.17, 15) is 8.42 Å². The monoisotopic (exact) mass is 403 g/mol. The first-order valence-electron chi connectivity index (χ1n) is 6.37. The largest absolute Gasteiger partial charge is 0.497 e. The third-order valence-electron chi connectivity index (χ3n) is 3.11. The third kappa shape index (κ3) is 3.56. The number of rotatable bonds is 4. The first kappa shape index (κ1) is 17.1. The van der Waals surface area contributed by atoms with Crippen molar-refractivity contribution in [1.29, 1.82) is 0 Å². The number of methoxy groups -OCH3 is 1. The normalized spacial score (nSPS) is 11.3. The lowest BCUT2D eigenvalue weighted by Crippen LogP contribution is -2.15. The lowest BCUT2D eigenvalue weighted by Gasteiger charge is -2.14. The molecule has 4 nitrogen and oxygen atoms in total. The standard InChI is InChI=1S/C15H15BrClNO3S/c1-9-6-12(21-3)7-10(2)15(9)22(19,20)18-11-4-5-13(16)14(17)8-11/h4-8,18H,1-3H3. The fraction of sp³-hybridized carbons (Fsp3) is 0.200. The number of benzene rings is 2. The maximum atomic E-state index is 12.6. The first-order valence-corrected chi connectivity index (χ1v) is 9.03. The molecule has 0 aliphatic heterocycles. The molecule has 0 unspecified atom stereocenters. The molecule has 0 spiro atoms. The molecule has 1 N–H and O–H groups in total. The van der Waals surface area contributed by atoms with E-state index < -0.39 is 10.0 Å². The Balaban J connectivity index is 2.44. The topological polar surface area (TPSA) is 55.4 Å². The van der Waals surface area contributed by atoms with Crippen LogP contribution >= 0.6 is 27.5 Å². The Bertz CT molecular complexity index is 799. The Kier molecular flexibility index (Phi) is 5.04. The van der Waals surface area contributed by atoms with Gasteiger partial charge in [0.15, 0.2) is 0 Å². The summed E-state index contributed by atoms with van der Waals surface area (Å²) < 4.78 is 33.7. The van der Waals surface area contributed by atoms with Crippen molar-refractivity contribution >= 4 is 43.2 Å². The van der Waals surface area contributed by atoms with Gasteiger partial charge in [-0.3, -0.25) is 4.72 Å². The van der Waals surface area contributed by atoms with Gasteiger partial charge in [0.25, 0.3) is 10.0 Å². The average molecular weight is 405 g/mol. The fourth-order valence-electron chi connectivity index (χ4n) is 2.22. The predicted octanol–water partition coefficient (Wildman–Crippen LogP) is 4.53. The lowest BCUT2D eigenvalue weighted by atomic mass is 10.1. The highest BCUT2D eigenvalue weighted by Crippen LogP contribution is 2.30. The van der Waals surface area contributed by atoms with Gasteiger partial charge >= 0.3 is 0 Å². The molecule has 2 rings (SSSR count). The van der Waals surface area contributed by atoms with E-state index in [1.165, 1.54) is 0 Å². The second kappa shape index (κ2) is 6.48. The second-order valence-electron chi connectivity index (χ2n) is 4.82. The molecular formula is C15H15BrClNO3S. The molecule has 0 bridgehead atoms. The Labute approximate surface area is 143 Å². The van der Waals surface area contributed by atoms with Crippen LogP contribution in [0.15, 0.2) is 39.7 Å². The van der Waals surface area contributed by atoms with Crippen molar-refractivity contribution in [3.8, 4) is 5.75 Å². The quantitative estimate of drug-likeness (QED) is 0.814. The molecule has 0 aliphatic rings. The summed E-state index contributed by atoms with van der Waals surface area (Å²) in [4.78, 5) is 0.243. The molecule has 2 aromatic carbocycles. The molecule has 0 heterocycles. The highest BCUT2D eigenvalue weighted by molar-refractivity contribution is 9.10. The highest BCUT2D eigenvalue weighted by Gasteiger charge is 2.21. The van der Waals surface area contributed by atoms with E-state index in [1.54, 1.807) is 51.3 Å². The SMILES string of the molecule is COc1cc(C)c(S(=O)(=O)Nc2ccc(Br)c(Cl)c2)c(C)c1. The van der Waals surface area contributed by atoms with Gasteiger partial charge in [0.2, 0.25) is 0 Å². The Morgan fingerprint density at radius 3 is 2.23 bits per heavy atom. The van der Waals surface area contributed by atoms with Crippen molar-refractivity contribution in [1.82, 2.24) is 0 Å². The Morgan fingerprint density at radius 2 is 1.73 bits per heavy atom. The molecule has 0 saturated carbocycles. The first-order chi connectivity index (χ1) is 10.2. The summed E-state index contributed by atoms with van der Waals surface area (Å²) in [5.74, 6) is 0.626. The molecule has 0 radical (unpaired) electrons. The van der Waals surface area contributed by atoms with Crippen molar-refractivity contribution in [2.75, 3.05) is 11.8 Å². The van der Waals surface area contributed by atoms with Crippen LogP contribution in [0.25, 0.3) is 0 Å². The van der Waals surface area contributed by atoms with Crippen LogP contribution in [0.1, 0.15) is 11.1 Å². The number of anilines is 1. The maximum absolute atomic E-state index is 12.6. The fourth-order valence-corrected chi connectivity index (χ4v) is 4.15. The van der Waals surface area contributed by atoms with Crippen LogP contribution in [0.3, 0.4) is 0 Å². The van der Waals surface area contributed by atoms with Gasteiger partial charge in [-0.15, -0.1) is 0 Å². The minimum Gasteiger partial charge on any atom is -0.497 e. The molecule has 0 aliphatic carbocycles. The van der Waals surface area contributed by atoms with Gasteiger partial charge in [-0.1, -0.05) is 11.6 Å². The summed E-state index contributed by atoms with van der Waals surface area (Å²) >= 11 is 9.26. The molecule has 0 saturated heterocycles. The van der Waals surface area contributed by atoms with Gasteiger partial charge in [-0.05, 0) is 71.2 Å². The van der Waals surface area contributed by atoms with E-state index in [0.717, 1.165) is 0 Å². The zero-order valence-corrected chi connectivity index (χ0v) is 15.4. The number of nitrogens with one attached hydrogen (secondary N) is 1. The second-order valence-corrected chi connectivity index (χ2v) is 7.71. The molecular weight excluding hydrogens is 390 g/mol. The van der Waals surface area contributed by atoms with Crippen LogP contribution in [-0.2, 0) is 10.0 Å². The van der Waals surface area contributed by atoms with Crippen LogP contribution in [0.2, 0.25) is 5.02 Å². The van der Waals surface area contributed by atoms with Crippen LogP contribution in [-0.4, -0.2) is 15.5 Å². The number of halogens is 2. The third-order valence-corrected chi connectivity index (χ3v) is 6.03. The van der Waals surface area contributed by atoms with Crippen LogP contribution in [0.4, 0.5) is 5.69 Å². The van der Waals surface area contributed by atoms with Gasteiger partial charge in [0, 0.05) is 4.47 Å². The summed E-state index contributed by atoms with van der Waals surface area (Å²) in [5, 5.41) is 0.434. The van der Waals surface area contributed by atoms with Gasteiger partial charge in [-0.2, -0.15) is 0 Å². The van der Waals surface area contributed by atoms with Crippen molar-refractivity contribution in [2.45, 2.75) is 18.7 Å². The van der Waals surface area contributed by atoms with E-state index in [2.05, 4.69) is 20.7 Å². The Morgan fingerprint density at radius 1 is 1.14 bits per heavy atom. The molecule has 0 atom stereocenters. The number of hydrogen-bond donors (Lipinski definition) is 1. The van der Waals surface area contributed by atoms with Gasteiger partial charge < -0.3 is 4.74 Å². The minimum absolute atomic E-state index is 0.243. The summed E-state index contributed by atoms with van der Waals surface area (Å²) in [5.41, 5.74) is 1.64. The molecule has 0 fully saturated rings. The van der Waals surface area contributed by atoms with Gasteiger partial charge in [0.1, 0.15) is 5.75 Å². The lowest BCUT2D eigenvalue weighted by molar-refractivity contribution is 0.413. The van der Waals surface area contributed by atoms with E-state index in [1.807, 2.05) is 0 Å². The van der Waals surface area contributed by atoms with Gasteiger partial charge in [0.05, 0.1) is 22.7 Å². The van der Waals surface area contributed by atoms with E-state index in [-0.39, 0.29) is 4.90 Å². The highest BCUT2D eigenvalue weighted by atomic mass is 79.9. The molecule has 0 aromatic heterocycles. The number of sulfonamides is 1. The molecule has 22 heavy (non-hydrogen) atoms. The summed E-state index contributed by atoms with van der Waals surface area (Å²) in [7, 11) is -2.16. The van der Waals surface area contributed by atoms with Gasteiger partial charge in [-0.25, -0.2) is 8.42 Å². The van der Waals surface area contributed by atoms with Crippen molar-refractivity contribution in [3.05, 3.63) is 51.0 Å².